The van der Waals surface area contributed by atoms with Gasteiger partial charge in [0.25, 0.3) is 5.91 Å². The van der Waals surface area contributed by atoms with Crippen LogP contribution in [0.15, 0.2) is 66.7 Å². The predicted molar refractivity (Wildman–Crippen MR) is 209 cm³/mol. The molecule has 0 saturated carbocycles. The number of thiocarbonyl (C=S) groups is 1. The Labute approximate surface area is 330 Å². The summed E-state index contributed by atoms with van der Waals surface area (Å²) in [6.45, 7) is 10.3. The zero-order chi connectivity index (χ0) is 41.0. The molecule has 0 radical (unpaired) electrons. The molecule has 2 atom stereocenters. The van der Waals surface area contributed by atoms with Gasteiger partial charge in [0.05, 0.1) is 35.6 Å². The third kappa shape index (κ3) is 9.49. The highest BCUT2D eigenvalue weighted by molar-refractivity contribution is 7.81. The molecule has 3 amide bonds. The Balaban J connectivity index is 1.09. The molecule has 3 aromatic rings. The summed E-state index contributed by atoms with van der Waals surface area (Å²) in [4.78, 5) is 43.4. The summed E-state index contributed by atoms with van der Waals surface area (Å²) in [7, 11) is 0. The van der Waals surface area contributed by atoms with Crippen molar-refractivity contribution in [3.8, 4) is 22.9 Å². The summed E-state index contributed by atoms with van der Waals surface area (Å²) in [5.74, 6) is -0.411. The van der Waals surface area contributed by atoms with Gasteiger partial charge in [-0.3, -0.25) is 19.3 Å². The van der Waals surface area contributed by atoms with Crippen molar-refractivity contribution in [2.75, 3.05) is 42.7 Å². The minimum Gasteiger partial charge on any atom is -0.494 e. The number of unbranched alkanes of at least 4 members (excludes halogenated alkanes) is 1. The second kappa shape index (κ2) is 17.0. The third-order valence-electron chi connectivity index (χ3n) is 9.75. The topological polar surface area (TPSA) is 135 Å². The molecule has 2 fully saturated rings. The van der Waals surface area contributed by atoms with E-state index in [-0.39, 0.29) is 35.8 Å². The van der Waals surface area contributed by atoms with E-state index in [9.17, 15) is 37.9 Å². The van der Waals surface area contributed by atoms with E-state index in [1.165, 1.54) is 6.07 Å². The van der Waals surface area contributed by atoms with E-state index in [2.05, 4.69) is 5.32 Å². The number of aliphatic hydroxyl groups is 1. The normalized spacial score (nSPS) is 17.6. The first kappa shape index (κ1) is 42.1. The van der Waals surface area contributed by atoms with Gasteiger partial charge in [-0.05, 0) is 104 Å². The summed E-state index contributed by atoms with van der Waals surface area (Å²) in [6.07, 6.45) is -3.45. The van der Waals surface area contributed by atoms with Gasteiger partial charge in [-0.15, -0.1) is 0 Å². The molecule has 5 rings (SSSR count). The van der Waals surface area contributed by atoms with E-state index < -0.39 is 46.3 Å². The van der Waals surface area contributed by atoms with Gasteiger partial charge in [0.15, 0.2) is 5.11 Å². The summed E-state index contributed by atoms with van der Waals surface area (Å²) in [5.41, 5.74) is -1.12. The van der Waals surface area contributed by atoms with Crippen LogP contribution >= 0.6 is 12.2 Å². The number of rotatable bonds is 13. The monoisotopic (exact) mass is 793 g/mol. The lowest BCUT2D eigenvalue weighted by Gasteiger charge is -2.33. The number of halogens is 3. The molecule has 11 nitrogen and oxygen atoms in total. The standard InChI is InChI=1S/C41H46F3N5O6S/c1-39(2,3)35(36(52)47-19-18-31(50)24-47)46-34(51)25-54-20-6-7-21-55-32-16-11-27(12-17-32)26-8-13-29(14-9-26)49-38(56)48(37(53)40(49,4)5)30-15-10-28(23-45)33(22-30)41(42,43)44/h8-17,22,31,35,50H,6-7,18-21,24-25H2,1-5H3,(H,46,51)/t31-,35-/m1/s1. The van der Waals surface area contributed by atoms with E-state index in [1.54, 1.807) is 41.8 Å². The Morgan fingerprint density at radius 1 is 1.00 bits per heavy atom. The van der Waals surface area contributed by atoms with Crippen LogP contribution in [0.4, 0.5) is 24.5 Å². The summed E-state index contributed by atoms with van der Waals surface area (Å²) < 4.78 is 52.5. The number of ether oxygens (including phenoxy) is 2. The smallest absolute Gasteiger partial charge is 0.417 e. The third-order valence-corrected chi connectivity index (χ3v) is 10.1. The average Bonchev–Trinajstić information content (AvgIpc) is 3.65. The predicted octanol–water partition coefficient (Wildman–Crippen LogP) is 6.46. The number of β-amino-alcohol motifs (C(OH)–C–C–N with tert-alkyl or cyclic N) is 1. The van der Waals surface area contributed by atoms with Crippen LogP contribution in [0.3, 0.4) is 0 Å². The number of benzene rings is 3. The van der Waals surface area contributed by atoms with Crippen molar-refractivity contribution in [1.82, 2.24) is 10.2 Å². The molecule has 0 bridgehead atoms. The van der Waals surface area contributed by atoms with Crippen LogP contribution in [-0.2, 0) is 25.3 Å². The molecule has 0 unspecified atom stereocenters. The van der Waals surface area contributed by atoms with Crippen molar-refractivity contribution in [1.29, 1.82) is 5.26 Å². The maximum atomic E-state index is 13.7. The molecular formula is C41H46F3N5O6S. The number of alkyl halides is 3. The number of amides is 3. The number of carbonyl (C=O) groups is 3. The fourth-order valence-electron chi connectivity index (χ4n) is 6.64. The van der Waals surface area contributed by atoms with E-state index in [1.807, 2.05) is 57.2 Å². The molecule has 0 spiro atoms. The number of carbonyl (C=O) groups excluding carboxylic acids is 3. The average molecular weight is 794 g/mol. The van der Waals surface area contributed by atoms with E-state index >= 15 is 0 Å². The van der Waals surface area contributed by atoms with Gasteiger partial charge in [-0.1, -0.05) is 45.0 Å². The number of aliphatic hydroxyl groups excluding tert-OH is 1. The van der Waals surface area contributed by atoms with Crippen molar-refractivity contribution < 1.29 is 42.1 Å². The number of nitrogens with zero attached hydrogens (tertiary/aromatic N) is 4. The number of nitriles is 1. The van der Waals surface area contributed by atoms with Gasteiger partial charge < -0.3 is 29.7 Å². The molecule has 3 aromatic carbocycles. The van der Waals surface area contributed by atoms with Gasteiger partial charge in [-0.2, -0.15) is 18.4 Å². The summed E-state index contributed by atoms with van der Waals surface area (Å²) in [6, 6.07) is 18.7. The number of hydrogen-bond acceptors (Lipinski definition) is 8. The largest absolute Gasteiger partial charge is 0.494 e. The molecule has 2 heterocycles. The molecule has 0 aromatic heterocycles. The van der Waals surface area contributed by atoms with Gasteiger partial charge in [-0.25, -0.2) is 0 Å². The highest BCUT2D eigenvalue weighted by Gasteiger charge is 2.50. The number of hydrogen-bond donors (Lipinski definition) is 2. The maximum Gasteiger partial charge on any atom is 0.417 e. The van der Waals surface area contributed by atoms with Crippen LogP contribution < -0.4 is 19.9 Å². The Morgan fingerprint density at radius 2 is 1.61 bits per heavy atom. The highest BCUT2D eigenvalue weighted by atomic mass is 32.1. The number of anilines is 2. The summed E-state index contributed by atoms with van der Waals surface area (Å²) in [5, 5.41) is 21.8. The first-order valence-electron chi connectivity index (χ1n) is 18.3. The van der Waals surface area contributed by atoms with Crippen LogP contribution in [-0.4, -0.2) is 83.4 Å². The first-order chi connectivity index (χ1) is 26.3. The van der Waals surface area contributed by atoms with E-state index in [4.69, 9.17) is 21.7 Å². The maximum absolute atomic E-state index is 13.7. The van der Waals surface area contributed by atoms with Gasteiger partial charge in [0.2, 0.25) is 11.8 Å². The molecule has 2 N–H and O–H groups in total. The van der Waals surface area contributed by atoms with Crippen LogP contribution in [0.1, 0.15) is 65.0 Å². The molecule has 56 heavy (non-hydrogen) atoms. The lowest BCUT2D eigenvalue weighted by atomic mass is 9.85. The second-order valence-electron chi connectivity index (χ2n) is 15.4. The minimum atomic E-state index is -4.79. The Kier molecular flexibility index (Phi) is 12.8. The molecule has 0 aliphatic carbocycles. The molecule has 2 saturated heterocycles. The zero-order valence-electron chi connectivity index (χ0n) is 32.0. The van der Waals surface area contributed by atoms with Gasteiger partial charge >= 0.3 is 6.18 Å². The van der Waals surface area contributed by atoms with Crippen LogP contribution in [0.2, 0.25) is 0 Å². The summed E-state index contributed by atoms with van der Waals surface area (Å²) >= 11 is 5.65. The molecule has 15 heteroatoms. The van der Waals surface area contributed by atoms with Crippen molar-refractivity contribution >= 4 is 46.4 Å². The van der Waals surface area contributed by atoms with Crippen molar-refractivity contribution in [2.45, 2.75) is 77.7 Å². The first-order valence-corrected chi connectivity index (χ1v) is 18.7. The second-order valence-corrected chi connectivity index (χ2v) is 15.8. The Bertz CT molecular complexity index is 1980. The lowest BCUT2D eigenvalue weighted by molar-refractivity contribution is -0.140. The fraction of sp³-hybridized carbons (Fsp3) is 0.439. The number of likely N-dealkylation sites (tertiary alicyclic amines) is 1. The SMILES string of the molecule is CC(C)(C)[C@H](NC(=O)COCCCCOc1ccc(-c2ccc(N3C(=S)N(c4ccc(C#N)c(C(F)(F)F)c4)C(=O)C3(C)C)cc2)cc1)C(=O)N1CC[C@@H](O)C1. The Morgan fingerprint density at radius 3 is 2.18 bits per heavy atom. The van der Waals surface area contributed by atoms with E-state index in [0.717, 1.165) is 28.2 Å². The van der Waals surface area contributed by atoms with Crippen molar-refractivity contribution in [3.63, 3.8) is 0 Å². The minimum absolute atomic E-state index is 0.0159. The van der Waals surface area contributed by atoms with Crippen molar-refractivity contribution in [2.24, 2.45) is 5.41 Å². The highest BCUT2D eigenvalue weighted by Crippen LogP contribution is 2.40. The van der Waals surface area contributed by atoms with Crippen LogP contribution in [0, 0.1) is 16.7 Å². The molecular weight excluding hydrogens is 748 g/mol. The molecule has 2 aliphatic rings. The van der Waals surface area contributed by atoms with Gasteiger partial charge in [0.1, 0.15) is 23.9 Å². The quantitative estimate of drug-likeness (QED) is 0.148. The Hall–Kier alpha value is -5.04. The lowest BCUT2D eigenvalue weighted by Crippen LogP contribution is -2.55. The van der Waals surface area contributed by atoms with Crippen LogP contribution in [0.25, 0.3) is 11.1 Å². The van der Waals surface area contributed by atoms with Crippen LogP contribution in [0.5, 0.6) is 5.75 Å². The van der Waals surface area contributed by atoms with Crippen molar-refractivity contribution in [3.05, 3.63) is 77.9 Å². The van der Waals surface area contributed by atoms with E-state index in [0.29, 0.717) is 50.5 Å². The molecule has 2 aliphatic heterocycles. The molecule has 298 valence electrons. The van der Waals surface area contributed by atoms with Gasteiger partial charge in [0, 0.05) is 25.4 Å². The number of nitrogens with one attached hydrogen (secondary N) is 1. The zero-order valence-corrected chi connectivity index (χ0v) is 32.8. The fourth-order valence-corrected chi connectivity index (χ4v) is 7.16.